The van der Waals surface area contributed by atoms with E-state index in [0.717, 1.165) is 5.56 Å². The van der Waals surface area contributed by atoms with E-state index in [-0.39, 0.29) is 17.3 Å². The average Bonchev–Trinajstić information content (AvgIpc) is 3.17. The molecule has 0 aliphatic carbocycles. The third kappa shape index (κ3) is 4.20. The number of esters is 1. The molecule has 0 atom stereocenters. The van der Waals surface area contributed by atoms with Crippen LogP contribution < -0.4 is 0 Å². The molecule has 1 aromatic heterocycles. The molecule has 0 spiro atoms. The zero-order valence-electron chi connectivity index (χ0n) is 16.5. The van der Waals surface area contributed by atoms with Gasteiger partial charge in [0.05, 0.1) is 17.3 Å². The molecule has 0 saturated carbocycles. The predicted molar refractivity (Wildman–Crippen MR) is 120 cm³/mol. The number of imidazole rings is 1. The molecule has 0 N–H and O–H groups in total. The van der Waals surface area contributed by atoms with Crippen molar-refractivity contribution in [1.82, 2.24) is 9.55 Å². The van der Waals surface area contributed by atoms with Gasteiger partial charge >= 0.3 is 5.97 Å². The van der Waals surface area contributed by atoms with Crippen LogP contribution in [0, 0.1) is 5.82 Å². The minimum absolute atomic E-state index is 0.0417. The lowest BCUT2D eigenvalue weighted by Gasteiger charge is -2.14. The summed E-state index contributed by atoms with van der Waals surface area (Å²) in [7, 11) is 0. The number of halogens is 3. The first-order chi connectivity index (χ1) is 15.0. The summed E-state index contributed by atoms with van der Waals surface area (Å²) in [4.78, 5) is 17.5. The van der Waals surface area contributed by atoms with Crippen molar-refractivity contribution < 1.29 is 13.9 Å². The van der Waals surface area contributed by atoms with Crippen LogP contribution in [-0.2, 0) is 4.74 Å². The third-order valence-electron chi connectivity index (χ3n) is 4.64. The Morgan fingerprint density at radius 1 is 1.00 bits per heavy atom. The fraction of sp³-hybridized carbons (Fsp3) is 0.0833. The molecule has 0 aliphatic rings. The average molecular weight is 455 g/mol. The Balaban J connectivity index is 2.10. The highest BCUT2D eigenvalue weighted by molar-refractivity contribution is 6.31. The molecule has 0 bridgehead atoms. The minimum Gasteiger partial charge on any atom is -0.461 e. The first-order valence-electron chi connectivity index (χ1n) is 9.56. The van der Waals surface area contributed by atoms with Gasteiger partial charge in [0.2, 0.25) is 0 Å². The first-order valence-corrected chi connectivity index (χ1v) is 10.3. The van der Waals surface area contributed by atoms with Gasteiger partial charge in [0.15, 0.2) is 5.69 Å². The van der Waals surface area contributed by atoms with E-state index in [1.807, 2.05) is 36.4 Å². The molecule has 4 nitrogen and oxygen atoms in total. The van der Waals surface area contributed by atoms with Crippen LogP contribution in [0.2, 0.25) is 10.0 Å². The number of hydrogen-bond acceptors (Lipinski definition) is 3. The van der Waals surface area contributed by atoms with Gasteiger partial charge in [-0.3, -0.25) is 4.57 Å². The van der Waals surface area contributed by atoms with Gasteiger partial charge in [-0.2, -0.15) is 0 Å². The van der Waals surface area contributed by atoms with Crippen molar-refractivity contribution in [2.75, 3.05) is 6.61 Å². The van der Waals surface area contributed by atoms with Crippen LogP contribution in [0.4, 0.5) is 4.39 Å². The molecular weight excluding hydrogens is 438 g/mol. The summed E-state index contributed by atoms with van der Waals surface area (Å²) in [5, 5.41) is 0.457. The minimum atomic E-state index is -0.568. The Bertz CT molecular complexity index is 1260. The lowest BCUT2D eigenvalue weighted by atomic mass is 10.1. The summed E-state index contributed by atoms with van der Waals surface area (Å²) in [5.74, 6) is -0.621. The molecule has 0 aliphatic heterocycles. The summed E-state index contributed by atoms with van der Waals surface area (Å²) in [6.45, 7) is 1.93. The van der Waals surface area contributed by atoms with Crippen LogP contribution in [0.25, 0.3) is 28.3 Å². The van der Waals surface area contributed by atoms with Crippen molar-refractivity contribution >= 4 is 29.2 Å². The van der Waals surface area contributed by atoms with E-state index in [2.05, 4.69) is 4.98 Å². The van der Waals surface area contributed by atoms with Crippen molar-refractivity contribution in [1.29, 1.82) is 0 Å². The highest BCUT2D eigenvalue weighted by atomic mass is 35.5. The SMILES string of the molecule is CCOC(=O)c1nc(-c2ccccc2)n(-c2ccc(F)c(Cl)c2)c1-c1cccc(Cl)c1. The van der Waals surface area contributed by atoms with E-state index in [1.165, 1.54) is 12.1 Å². The molecule has 156 valence electrons. The summed E-state index contributed by atoms with van der Waals surface area (Å²) < 4.78 is 20.9. The molecule has 0 amide bonds. The van der Waals surface area contributed by atoms with E-state index < -0.39 is 11.8 Å². The first kappa shape index (κ1) is 21.1. The number of nitrogens with zero attached hydrogens (tertiary/aromatic N) is 2. The van der Waals surface area contributed by atoms with Crippen molar-refractivity contribution in [3.63, 3.8) is 0 Å². The van der Waals surface area contributed by atoms with Gasteiger partial charge in [-0.1, -0.05) is 65.7 Å². The molecule has 3 aromatic carbocycles. The van der Waals surface area contributed by atoms with E-state index in [4.69, 9.17) is 27.9 Å². The van der Waals surface area contributed by atoms with Crippen LogP contribution in [0.3, 0.4) is 0 Å². The van der Waals surface area contributed by atoms with Crippen LogP contribution >= 0.6 is 23.2 Å². The normalized spacial score (nSPS) is 10.8. The van der Waals surface area contributed by atoms with Crippen LogP contribution in [0.15, 0.2) is 72.8 Å². The van der Waals surface area contributed by atoms with Gasteiger partial charge in [0.25, 0.3) is 0 Å². The summed E-state index contributed by atoms with van der Waals surface area (Å²) >= 11 is 12.3. The zero-order valence-corrected chi connectivity index (χ0v) is 18.0. The predicted octanol–water partition coefficient (Wildman–Crippen LogP) is 6.83. The molecule has 0 saturated heterocycles. The van der Waals surface area contributed by atoms with E-state index >= 15 is 0 Å². The maximum atomic E-state index is 13.9. The second-order valence-corrected chi connectivity index (χ2v) is 7.51. The van der Waals surface area contributed by atoms with E-state index in [9.17, 15) is 9.18 Å². The Kier molecular flexibility index (Phi) is 6.07. The Morgan fingerprint density at radius 2 is 1.74 bits per heavy atom. The molecule has 4 aromatic rings. The smallest absolute Gasteiger partial charge is 0.359 e. The number of hydrogen-bond donors (Lipinski definition) is 0. The summed E-state index contributed by atoms with van der Waals surface area (Å²) in [6.07, 6.45) is 0. The highest BCUT2D eigenvalue weighted by Crippen LogP contribution is 2.35. The molecule has 0 radical (unpaired) electrons. The molecule has 0 unspecified atom stereocenters. The maximum absolute atomic E-state index is 13.9. The number of aromatic nitrogens is 2. The molecule has 1 heterocycles. The van der Waals surface area contributed by atoms with Gasteiger partial charge in [-0.15, -0.1) is 0 Å². The Hall–Kier alpha value is -3.15. The molecule has 31 heavy (non-hydrogen) atoms. The van der Waals surface area contributed by atoms with E-state index in [0.29, 0.717) is 27.8 Å². The van der Waals surface area contributed by atoms with Crippen LogP contribution in [0.1, 0.15) is 17.4 Å². The number of ether oxygens (including phenoxy) is 1. The zero-order chi connectivity index (χ0) is 22.0. The van der Waals surface area contributed by atoms with Crippen LogP contribution in [0.5, 0.6) is 0 Å². The lowest BCUT2D eigenvalue weighted by Crippen LogP contribution is -2.08. The van der Waals surface area contributed by atoms with Gasteiger partial charge in [-0.05, 0) is 37.3 Å². The number of benzene rings is 3. The molecule has 7 heteroatoms. The lowest BCUT2D eigenvalue weighted by molar-refractivity contribution is 0.0521. The number of rotatable bonds is 5. The monoisotopic (exact) mass is 454 g/mol. The van der Waals surface area contributed by atoms with E-state index in [1.54, 1.807) is 35.8 Å². The van der Waals surface area contributed by atoms with Crippen molar-refractivity contribution in [2.45, 2.75) is 6.92 Å². The molecule has 4 rings (SSSR count). The standard InChI is InChI=1S/C24H17Cl2FN2O2/c1-2-31-24(30)21-22(16-9-6-10-17(25)13-16)29(18-11-12-20(27)19(26)14-18)23(28-21)15-7-4-3-5-8-15/h3-14H,2H2,1H3. The Morgan fingerprint density at radius 3 is 2.42 bits per heavy atom. The van der Waals surface area contributed by atoms with Gasteiger partial charge in [0, 0.05) is 21.8 Å². The molecular formula is C24H17Cl2FN2O2. The Labute approximate surface area is 188 Å². The summed E-state index contributed by atoms with van der Waals surface area (Å²) in [5.41, 5.74) is 2.57. The largest absolute Gasteiger partial charge is 0.461 e. The third-order valence-corrected chi connectivity index (χ3v) is 5.16. The fourth-order valence-corrected chi connectivity index (χ4v) is 3.69. The van der Waals surface area contributed by atoms with Crippen LogP contribution in [-0.4, -0.2) is 22.1 Å². The van der Waals surface area contributed by atoms with Crippen molar-refractivity contribution in [3.05, 3.63) is 94.4 Å². The second-order valence-electron chi connectivity index (χ2n) is 6.66. The van der Waals surface area contributed by atoms with Gasteiger partial charge < -0.3 is 4.74 Å². The van der Waals surface area contributed by atoms with Gasteiger partial charge in [0.1, 0.15) is 11.6 Å². The second kappa shape index (κ2) is 8.92. The summed E-state index contributed by atoms with van der Waals surface area (Å²) in [6, 6.07) is 20.8. The molecule has 0 fully saturated rings. The maximum Gasteiger partial charge on any atom is 0.359 e. The quantitative estimate of drug-likeness (QED) is 0.310. The fourth-order valence-electron chi connectivity index (χ4n) is 3.32. The topological polar surface area (TPSA) is 44.1 Å². The highest BCUT2D eigenvalue weighted by Gasteiger charge is 2.26. The number of carbonyl (C=O) groups is 1. The van der Waals surface area contributed by atoms with Gasteiger partial charge in [-0.25, -0.2) is 14.2 Å². The van der Waals surface area contributed by atoms with Crippen molar-refractivity contribution in [3.8, 4) is 28.3 Å². The van der Waals surface area contributed by atoms with Crippen molar-refractivity contribution in [2.24, 2.45) is 0 Å². The number of carbonyl (C=O) groups excluding carboxylic acids is 1.